The third-order valence-corrected chi connectivity index (χ3v) is 2.76. The maximum Gasteiger partial charge on any atom is 0.132 e. The van der Waals surface area contributed by atoms with Gasteiger partial charge >= 0.3 is 0 Å². The molecule has 2 N–H and O–H groups in total. The minimum atomic E-state index is -0.219. The molecule has 0 aliphatic rings. The standard InChI is InChI=1S/C16H21FN4/c1-11-19-14(9-15(20-11)21-16(2,3)4)18-10-12-7-5-6-8-13(12)17/h5-9H,10H2,1-4H3,(H2,18,19,20,21). The van der Waals surface area contributed by atoms with Gasteiger partial charge in [0, 0.05) is 23.7 Å². The second-order valence-corrected chi connectivity index (χ2v) is 6.01. The van der Waals surface area contributed by atoms with Gasteiger partial charge in [-0.2, -0.15) is 0 Å². The summed E-state index contributed by atoms with van der Waals surface area (Å²) in [6.45, 7) is 8.42. The Balaban J connectivity index is 2.12. The summed E-state index contributed by atoms with van der Waals surface area (Å²) in [6, 6.07) is 8.54. The molecule has 2 rings (SSSR count). The van der Waals surface area contributed by atoms with Gasteiger partial charge in [-0.1, -0.05) is 18.2 Å². The van der Waals surface area contributed by atoms with E-state index in [1.807, 2.05) is 19.1 Å². The van der Waals surface area contributed by atoms with Gasteiger partial charge in [0.1, 0.15) is 23.3 Å². The summed E-state index contributed by atoms with van der Waals surface area (Å²) >= 11 is 0. The minimum absolute atomic E-state index is 0.0798. The molecule has 0 spiro atoms. The molecule has 2 aromatic rings. The van der Waals surface area contributed by atoms with E-state index in [0.29, 0.717) is 23.8 Å². The highest BCUT2D eigenvalue weighted by Crippen LogP contribution is 2.17. The lowest BCUT2D eigenvalue weighted by molar-refractivity contribution is 0.613. The van der Waals surface area contributed by atoms with Crippen molar-refractivity contribution in [1.82, 2.24) is 9.97 Å². The van der Waals surface area contributed by atoms with Crippen LogP contribution in [0.15, 0.2) is 30.3 Å². The first kappa shape index (κ1) is 15.2. The highest BCUT2D eigenvalue weighted by molar-refractivity contribution is 5.49. The lowest BCUT2D eigenvalue weighted by Crippen LogP contribution is -2.27. The number of nitrogens with zero attached hydrogens (tertiary/aromatic N) is 2. The zero-order valence-electron chi connectivity index (χ0n) is 12.9. The van der Waals surface area contributed by atoms with E-state index in [4.69, 9.17) is 0 Å². The van der Waals surface area contributed by atoms with Crippen molar-refractivity contribution in [3.8, 4) is 0 Å². The van der Waals surface area contributed by atoms with E-state index in [0.717, 1.165) is 5.82 Å². The number of aryl methyl sites for hydroxylation is 1. The second kappa shape index (κ2) is 6.08. The summed E-state index contributed by atoms with van der Waals surface area (Å²) in [5.41, 5.74) is 0.531. The topological polar surface area (TPSA) is 49.8 Å². The van der Waals surface area contributed by atoms with Crippen molar-refractivity contribution in [3.63, 3.8) is 0 Å². The Bertz CT molecular complexity index is 620. The predicted molar refractivity (Wildman–Crippen MR) is 83.9 cm³/mol. The molecule has 0 unspecified atom stereocenters. The zero-order chi connectivity index (χ0) is 15.5. The molecule has 112 valence electrons. The fraction of sp³-hybridized carbons (Fsp3) is 0.375. The van der Waals surface area contributed by atoms with E-state index in [2.05, 4.69) is 41.4 Å². The van der Waals surface area contributed by atoms with Crippen molar-refractivity contribution in [2.45, 2.75) is 39.8 Å². The van der Waals surface area contributed by atoms with Crippen LogP contribution in [0.3, 0.4) is 0 Å². The smallest absolute Gasteiger partial charge is 0.132 e. The maximum absolute atomic E-state index is 13.6. The zero-order valence-corrected chi connectivity index (χ0v) is 12.9. The molecule has 0 atom stereocenters. The van der Waals surface area contributed by atoms with Crippen LogP contribution in [0.4, 0.5) is 16.0 Å². The van der Waals surface area contributed by atoms with E-state index in [9.17, 15) is 4.39 Å². The SMILES string of the molecule is Cc1nc(NCc2ccccc2F)cc(NC(C)(C)C)n1. The third-order valence-electron chi connectivity index (χ3n) is 2.76. The molecule has 0 saturated carbocycles. The molecule has 5 heteroatoms. The van der Waals surface area contributed by atoms with Gasteiger partial charge in [-0.25, -0.2) is 14.4 Å². The second-order valence-electron chi connectivity index (χ2n) is 6.01. The normalized spacial score (nSPS) is 11.3. The number of benzene rings is 1. The van der Waals surface area contributed by atoms with Crippen LogP contribution < -0.4 is 10.6 Å². The quantitative estimate of drug-likeness (QED) is 0.899. The number of rotatable bonds is 4. The van der Waals surface area contributed by atoms with Crippen molar-refractivity contribution in [1.29, 1.82) is 0 Å². The summed E-state index contributed by atoms with van der Waals surface area (Å²) in [6.07, 6.45) is 0. The van der Waals surface area contributed by atoms with Gasteiger partial charge in [-0.15, -0.1) is 0 Å². The molecule has 1 heterocycles. The lowest BCUT2D eigenvalue weighted by atomic mass is 10.1. The van der Waals surface area contributed by atoms with Crippen LogP contribution in [-0.4, -0.2) is 15.5 Å². The van der Waals surface area contributed by atoms with Gasteiger partial charge in [-0.05, 0) is 33.8 Å². The summed E-state index contributed by atoms with van der Waals surface area (Å²) in [4.78, 5) is 8.68. The minimum Gasteiger partial charge on any atom is -0.366 e. The molecular weight excluding hydrogens is 267 g/mol. The number of hydrogen-bond acceptors (Lipinski definition) is 4. The lowest BCUT2D eigenvalue weighted by Gasteiger charge is -2.21. The summed E-state index contributed by atoms with van der Waals surface area (Å²) in [5.74, 6) is 1.88. The molecular formula is C16H21FN4. The highest BCUT2D eigenvalue weighted by Gasteiger charge is 2.11. The fourth-order valence-corrected chi connectivity index (χ4v) is 1.93. The molecule has 21 heavy (non-hydrogen) atoms. The van der Waals surface area contributed by atoms with Crippen LogP contribution in [0.5, 0.6) is 0 Å². The Morgan fingerprint density at radius 1 is 1.10 bits per heavy atom. The van der Waals surface area contributed by atoms with Crippen LogP contribution >= 0.6 is 0 Å². The van der Waals surface area contributed by atoms with Gasteiger partial charge in [0.2, 0.25) is 0 Å². The van der Waals surface area contributed by atoms with Crippen LogP contribution in [0, 0.1) is 12.7 Å². The first-order chi connectivity index (χ1) is 9.83. The number of halogens is 1. The van der Waals surface area contributed by atoms with Gasteiger partial charge in [0.15, 0.2) is 0 Å². The number of anilines is 2. The number of hydrogen-bond donors (Lipinski definition) is 2. The van der Waals surface area contributed by atoms with Gasteiger partial charge in [-0.3, -0.25) is 0 Å². The van der Waals surface area contributed by atoms with Crippen LogP contribution in [0.1, 0.15) is 32.2 Å². The van der Waals surface area contributed by atoms with Gasteiger partial charge in [0.05, 0.1) is 0 Å². The molecule has 0 aliphatic heterocycles. The average molecular weight is 288 g/mol. The average Bonchev–Trinajstić information content (AvgIpc) is 2.35. The molecule has 0 radical (unpaired) electrons. The molecule has 0 fully saturated rings. The molecule has 0 bridgehead atoms. The number of aromatic nitrogens is 2. The summed E-state index contributed by atoms with van der Waals surface area (Å²) < 4.78 is 13.6. The Morgan fingerprint density at radius 2 is 1.76 bits per heavy atom. The Morgan fingerprint density at radius 3 is 2.43 bits per heavy atom. The first-order valence-corrected chi connectivity index (χ1v) is 6.95. The van der Waals surface area contributed by atoms with Crippen molar-refractivity contribution in [2.24, 2.45) is 0 Å². The Hall–Kier alpha value is -2.17. The Kier molecular flexibility index (Phi) is 4.40. The van der Waals surface area contributed by atoms with Crippen molar-refractivity contribution >= 4 is 11.6 Å². The van der Waals surface area contributed by atoms with Crippen LogP contribution in [0.25, 0.3) is 0 Å². The Labute approximate surface area is 124 Å². The maximum atomic E-state index is 13.6. The molecule has 1 aromatic heterocycles. The van der Waals surface area contributed by atoms with E-state index < -0.39 is 0 Å². The van der Waals surface area contributed by atoms with E-state index in [-0.39, 0.29) is 11.4 Å². The molecule has 0 amide bonds. The van der Waals surface area contributed by atoms with E-state index >= 15 is 0 Å². The van der Waals surface area contributed by atoms with E-state index in [1.54, 1.807) is 12.1 Å². The summed E-state index contributed by atoms with van der Waals surface area (Å²) in [5, 5.41) is 6.44. The highest BCUT2D eigenvalue weighted by atomic mass is 19.1. The fourth-order valence-electron chi connectivity index (χ4n) is 1.93. The first-order valence-electron chi connectivity index (χ1n) is 6.95. The van der Waals surface area contributed by atoms with Crippen molar-refractivity contribution in [3.05, 3.63) is 47.5 Å². The molecule has 0 saturated heterocycles. The predicted octanol–water partition coefficient (Wildman–Crippen LogP) is 3.75. The molecule has 1 aromatic carbocycles. The number of nitrogens with one attached hydrogen (secondary N) is 2. The van der Waals surface area contributed by atoms with Crippen LogP contribution in [-0.2, 0) is 6.54 Å². The van der Waals surface area contributed by atoms with Crippen LogP contribution in [0.2, 0.25) is 0 Å². The largest absolute Gasteiger partial charge is 0.366 e. The van der Waals surface area contributed by atoms with Crippen molar-refractivity contribution < 1.29 is 4.39 Å². The van der Waals surface area contributed by atoms with Gasteiger partial charge in [0.25, 0.3) is 0 Å². The third kappa shape index (κ3) is 4.70. The monoisotopic (exact) mass is 288 g/mol. The van der Waals surface area contributed by atoms with Gasteiger partial charge < -0.3 is 10.6 Å². The van der Waals surface area contributed by atoms with Crippen molar-refractivity contribution in [2.75, 3.05) is 10.6 Å². The van der Waals surface area contributed by atoms with E-state index in [1.165, 1.54) is 6.07 Å². The summed E-state index contributed by atoms with van der Waals surface area (Å²) in [7, 11) is 0. The molecule has 0 aliphatic carbocycles. The molecule has 4 nitrogen and oxygen atoms in total.